The van der Waals surface area contributed by atoms with Crippen molar-refractivity contribution in [3.8, 4) is 0 Å². The Hall–Kier alpha value is -0.390. The fourth-order valence-electron chi connectivity index (χ4n) is 1.68. The highest BCUT2D eigenvalue weighted by molar-refractivity contribution is 9.10. The van der Waals surface area contributed by atoms with Crippen LogP contribution in [0.3, 0.4) is 0 Å². The SMILES string of the molecule is O=C(NCc1sccc1Br)C1CCCCO1. The minimum Gasteiger partial charge on any atom is -0.368 e. The molecule has 0 aliphatic carbocycles. The fourth-order valence-corrected chi connectivity index (χ4v) is 3.11. The van der Waals surface area contributed by atoms with Gasteiger partial charge in [0.2, 0.25) is 5.91 Å². The monoisotopic (exact) mass is 303 g/mol. The summed E-state index contributed by atoms with van der Waals surface area (Å²) < 4.78 is 6.48. The van der Waals surface area contributed by atoms with E-state index in [9.17, 15) is 4.79 Å². The number of ether oxygens (including phenoxy) is 1. The van der Waals surface area contributed by atoms with Gasteiger partial charge < -0.3 is 10.1 Å². The Bertz CT molecular complexity index is 361. The molecule has 1 aliphatic rings. The van der Waals surface area contributed by atoms with Gasteiger partial charge in [-0.1, -0.05) is 0 Å². The van der Waals surface area contributed by atoms with Gasteiger partial charge in [-0.2, -0.15) is 0 Å². The minimum absolute atomic E-state index is 0.0139. The number of carbonyl (C=O) groups excluding carboxylic acids is 1. The van der Waals surface area contributed by atoms with E-state index in [1.807, 2.05) is 11.4 Å². The van der Waals surface area contributed by atoms with Crippen molar-refractivity contribution in [2.45, 2.75) is 31.9 Å². The van der Waals surface area contributed by atoms with Crippen molar-refractivity contribution in [2.75, 3.05) is 6.61 Å². The van der Waals surface area contributed by atoms with Crippen LogP contribution < -0.4 is 5.32 Å². The Kier molecular flexibility index (Phi) is 4.37. The second-order valence-corrected chi connectivity index (χ2v) is 5.62. The van der Waals surface area contributed by atoms with E-state index in [4.69, 9.17) is 4.74 Å². The molecule has 1 fully saturated rings. The third-order valence-electron chi connectivity index (χ3n) is 2.59. The van der Waals surface area contributed by atoms with Gasteiger partial charge in [0.05, 0.1) is 6.54 Å². The number of rotatable bonds is 3. The van der Waals surface area contributed by atoms with Crippen LogP contribution in [0.2, 0.25) is 0 Å². The third-order valence-corrected chi connectivity index (χ3v) is 4.51. The second-order valence-electron chi connectivity index (χ2n) is 3.76. The van der Waals surface area contributed by atoms with Crippen molar-refractivity contribution in [2.24, 2.45) is 0 Å². The van der Waals surface area contributed by atoms with Crippen molar-refractivity contribution < 1.29 is 9.53 Å². The smallest absolute Gasteiger partial charge is 0.249 e. The highest BCUT2D eigenvalue weighted by Crippen LogP contribution is 2.22. The molecule has 88 valence electrons. The molecule has 1 amide bonds. The average molecular weight is 304 g/mol. The van der Waals surface area contributed by atoms with Gasteiger partial charge in [-0.15, -0.1) is 11.3 Å². The fraction of sp³-hybridized carbons (Fsp3) is 0.545. The molecule has 1 N–H and O–H groups in total. The van der Waals surface area contributed by atoms with Crippen molar-refractivity contribution >= 4 is 33.2 Å². The highest BCUT2D eigenvalue weighted by atomic mass is 79.9. The summed E-state index contributed by atoms with van der Waals surface area (Å²) in [5.74, 6) is 0.0139. The summed E-state index contributed by atoms with van der Waals surface area (Å²) in [5, 5.41) is 4.91. The molecular formula is C11H14BrNO2S. The molecule has 5 heteroatoms. The normalized spacial score (nSPS) is 20.7. The molecule has 1 saturated heterocycles. The molecule has 0 aromatic carbocycles. The van der Waals surface area contributed by atoms with Crippen LogP contribution in [-0.2, 0) is 16.1 Å². The van der Waals surface area contributed by atoms with Crippen LogP contribution in [0.5, 0.6) is 0 Å². The molecule has 0 saturated carbocycles. The number of halogens is 1. The zero-order valence-electron chi connectivity index (χ0n) is 8.87. The van der Waals surface area contributed by atoms with E-state index in [-0.39, 0.29) is 12.0 Å². The molecule has 0 bridgehead atoms. The van der Waals surface area contributed by atoms with Gasteiger partial charge in [0.1, 0.15) is 6.10 Å². The van der Waals surface area contributed by atoms with Crippen LogP contribution in [0.1, 0.15) is 24.1 Å². The number of hydrogen-bond donors (Lipinski definition) is 1. The number of hydrogen-bond acceptors (Lipinski definition) is 3. The molecule has 2 heterocycles. The number of nitrogens with one attached hydrogen (secondary N) is 1. The second kappa shape index (κ2) is 5.80. The van der Waals surface area contributed by atoms with Crippen LogP contribution in [0.15, 0.2) is 15.9 Å². The van der Waals surface area contributed by atoms with E-state index < -0.39 is 0 Å². The zero-order valence-corrected chi connectivity index (χ0v) is 11.3. The lowest BCUT2D eigenvalue weighted by Gasteiger charge is -2.21. The van der Waals surface area contributed by atoms with E-state index in [0.29, 0.717) is 13.2 Å². The first-order chi connectivity index (χ1) is 7.77. The molecule has 1 aliphatic heterocycles. The van der Waals surface area contributed by atoms with E-state index in [1.54, 1.807) is 11.3 Å². The summed E-state index contributed by atoms with van der Waals surface area (Å²) >= 11 is 5.08. The molecule has 1 aromatic heterocycles. The van der Waals surface area contributed by atoms with Crippen molar-refractivity contribution in [3.05, 3.63) is 20.8 Å². The lowest BCUT2D eigenvalue weighted by Crippen LogP contribution is -2.37. The summed E-state index contributed by atoms with van der Waals surface area (Å²) in [6.45, 7) is 1.29. The molecule has 1 unspecified atom stereocenters. The Balaban J connectivity index is 1.81. The number of amides is 1. The molecule has 0 radical (unpaired) electrons. The maximum absolute atomic E-state index is 11.8. The first-order valence-corrected chi connectivity index (χ1v) is 7.06. The highest BCUT2D eigenvalue weighted by Gasteiger charge is 2.21. The summed E-state index contributed by atoms with van der Waals surface area (Å²) in [4.78, 5) is 12.9. The standard InChI is InChI=1S/C11H14BrNO2S/c12-8-4-6-16-10(8)7-13-11(14)9-3-1-2-5-15-9/h4,6,9H,1-3,5,7H2,(H,13,14). The molecule has 1 aromatic rings. The first kappa shape index (κ1) is 12.1. The van der Waals surface area contributed by atoms with Crippen LogP contribution in [0, 0.1) is 0 Å². The van der Waals surface area contributed by atoms with Gasteiger partial charge in [-0.25, -0.2) is 0 Å². The molecule has 0 spiro atoms. The maximum Gasteiger partial charge on any atom is 0.249 e. The molecule has 2 rings (SSSR count). The van der Waals surface area contributed by atoms with Gasteiger partial charge in [0.25, 0.3) is 0 Å². The average Bonchev–Trinajstić information content (AvgIpc) is 2.73. The van der Waals surface area contributed by atoms with Crippen molar-refractivity contribution in [1.29, 1.82) is 0 Å². The van der Waals surface area contributed by atoms with Crippen LogP contribution in [0.25, 0.3) is 0 Å². The van der Waals surface area contributed by atoms with Crippen LogP contribution >= 0.6 is 27.3 Å². The predicted molar refractivity (Wildman–Crippen MR) is 67.5 cm³/mol. The summed E-state index contributed by atoms with van der Waals surface area (Å²) in [6, 6.07) is 1.99. The first-order valence-electron chi connectivity index (χ1n) is 5.38. The quantitative estimate of drug-likeness (QED) is 0.932. The van der Waals surface area contributed by atoms with E-state index in [2.05, 4.69) is 21.2 Å². The van der Waals surface area contributed by atoms with E-state index in [1.165, 1.54) is 0 Å². The Morgan fingerprint density at radius 2 is 2.50 bits per heavy atom. The topological polar surface area (TPSA) is 38.3 Å². The molecule has 1 atom stereocenters. The van der Waals surface area contributed by atoms with Gasteiger partial charge >= 0.3 is 0 Å². The minimum atomic E-state index is -0.243. The number of thiophene rings is 1. The van der Waals surface area contributed by atoms with Gasteiger partial charge in [0.15, 0.2) is 0 Å². The van der Waals surface area contributed by atoms with E-state index >= 15 is 0 Å². The largest absolute Gasteiger partial charge is 0.368 e. The summed E-state index contributed by atoms with van der Waals surface area (Å²) in [5.41, 5.74) is 0. The number of carbonyl (C=O) groups is 1. The Morgan fingerprint density at radius 3 is 3.12 bits per heavy atom. The lowest BCUT2D eigenvalue weighted by molar-refractivity contribution is -0.135. The Morgan fingerprint density at radius 1 is 1.62 bits per heavy atom. The molecule has 16 heavy (non-hydrogen) atoms. The van der Waals surface area contributed by atoms with Gasteiger partial charge in [-0.05, 0) is 46.6 Å². The van der Waals surface area contributed by atoms with Crippen LogP contribution in [-0.4, -0.2) is 18.6 Å². The van der Waals surface area contributed by atoms with Crippen molar-refractivity contribution in [1.82, 2.24) is 5.32 Å². The molecular weight excluding hydrogens is 290 g/mol. The lowest BCUT2D eigenvalue weighted by atomic mass is 10.1. The zero-order chi connectivity index (χ0) is 11.4. The predicted octanol–water partition coefficient (Wildman–Crippen LogP) is 2.70. The van der Waals surface area contributed by atoms with Crippen LogP contribution in [0.4, 0.5) is 0 Å². The van der Waals surface area contributed by atoms with E-state index in [0.717, 1.165) is 28.6 Å². The van der Waals surface area contributed by atoms with Gasteiger partial charge in [0, 0.05) is 16.0 Å². The summed E-state index contributed by atoms with van der Waals surface area (Å²) in [7, 11) is 0. The third kappa shape index (κ3) is 3.06. The maximum atomic E-state index is 11.8. The summed E-state index contributed by atoms with van der Waals surface area (Å²) in [6.07, 6.45) is 2.76. The van der Waals surface area contributed by atoms with Crippen molar-refractivity contribution in [3.63, 3.8) is 0 Å². The Labute approximate surface area is 107 Å². The van der Waals surface area contributed by atoms with Gasteiger partial charge in [-0.3, -0.25) is 4.79 Å². The molecule has 3 nitrogen and oxygen atoms in total.